The van der Waals surface area contributed by atoms with Crippen LogP contribution in [-0.4, -0.2) is 25.8 Å². The number of carbonyl (C=O) groups is 1. The van der Waals surface area contributed by atoms with E-state index in [1.54, 1.807) is 0 Å². The molecule has 0 radical (unpaired) electrons. The Hall–Kier alpha value is -2.69. The van der Waals surface area contributed by atoms with Gasteiger partial charge in [0.05, 0.1) is 13.2 Å². The van der Waals surface area contributed by atoms with Crippen molar-refractivity contribution in [3.05, 3.63) is 52.1 Å². The third-order valence-electron chi connectivity index (χ3n) is 5.06. The number of benzene rings is 2. The van der Waals surface area contributed by atoms with E-state index in [0.29, 0.717) is 6.54 Å². The maximum absolute atomic E-state index is 12.3. The summed E-state index contributed by atoms with van der Waals surface area (Å²) in [5.41, 5.74) is 6.68. The molecule has 136 valence electrons. The van der Waals surface area contributed by atoms with Gasteiger partial charge in [-0.1, -0.05) is 12.1 Å². The molecule has 26 heavy (non-hydrogen) atoms. The highest BCUT2D eigenvalue weighted by Gasteiger charge is 2.26. The second kappa shape index (κ2) is 6.90. The molecule has 2 heterocycles. The summed E-state index contributed by atoms with van der Waals surface area (Å²) in [6, 6.07) is 7.97. The van der Waals surface area contributed by atoms with Gasteiger partial charge in [0.15, 0.2) is 0 Å². The Morgan fingerprint density at radius 2 is 1.96 bits per heavy atom. The van der Waals surface area contributed by atoms with E-state index >= 15 is 0 Å². The van der Waals surface area contributed by atoms with Gasteiger partial charge in [-0.15, -0.1) is 0 Å². The number of hydrogen-bond donors (Lipinski definition) is 2. The van der Waals surface area contributed by atoms with E-state index in [1.807, 2.05) is 32.0 Å². The maximum atomic E-state index is 12.3. The lowest BCUT2D eigenvalue weighted by Crippen LogP contribution is -2.31. The van der Waals surface area contributed by atoms with Gasteiger partial charge in [-0.25, -0.2) is 4.79 Å². The second-order valence-corrected chi connectivity index (χ2v) is 6.97. The lowest BCUT2D eigenvalue weighted by molar-refractivity contribution is 0.252. The Labute approximate surface area is 153 Å². The molecule has 0 saturated heterocycles. The van der Waals surface area contributed by atoms with E-state index in [9.17, 15) is 4.79 Å². The number of carbonyl (C=O) groups excluding carboxylic acids is 1. The first kappa shape index (κ1) is 16.8. The molecule has 0 unspecified atom stereocenters. The van der Waals surface area contributed by atoms with E-state index in [2.05, 4.69) is 16.7 Å². The van der Waals surface area contributed by atoms with Crippen LogP contribution in [0, 0.1) is 13.8 Å². The third kappa shape index (κ3) is 3.21. The van der Waals surface area contributed by atoms with E-state index in [-0.39, 0.29) is 6.03 Å². The van der Waals surface area contributed by atoms with Crippen LogP contribution in [0.15, 0.2) is 24.3 Å². The normalized spacial score (nSPS) is 14.2. The number of rotatable bonds is 4. The van der Waals surface area contributed by atoms with Crippen LogP contribution in [0.4, 0.5) is 10.5 Å². The number of ether oxygens (including phenoxy) is 2. The van der Waals surface area contributed by atoms with Gasteiger partial charge in [-0.05, 0) is 43.5 Å². The first-order chi connectivity index (χ1) is 12.6. The van der Waals surface area contributed by atoms with Crippen LogP contribution in [0.5, 0.6) is 11.5 Å². The smallest absolute Gasteiger partial charge is 0.319 e. The molecule has 0 atom stereocenters. The number of anilines is 1. The zero-order chi connectivity index (χ0) is 18.1. The van der Waals surface area contributed by atoms with Crippen molar-refractivity contribution in [2.75, 3.05) is 25.1 Å². The Bertz CT molecular complexity index is 829. The third-order valence-corrected chi connectivity index (χ3v) is 5.06. The van der Waals surface area contributed by atoms with E-state index in [0.717, 1.165) is 60.8 Å². The van der Waals surface area contributed by atoms with Crippen LogP contribution in [-0.2, 0) is 19.3 Å². The SMILES string of the molecule is Cc1ccc(C)c(NC(=O)NCCc2c3c(cc4c2OCC4)OCC3)c1. The molecular formula is C21H24N2O3. The van der Waals surface area contributed by atoms with E-state index in [4.69, 9.17) is 9.47 Å². The standard InChI is InChI=1S/C21H24N2O3/c1-13-3-4-14(2)18(11-13)23-21(24)22-8-5-17-16-7-10-25-19(16)12-15-6-9-26-20(15)17/h3-4,11-12H,5-10H2,1-2H3,(H2,22,23,24). The minimum Gasteiger partial charge on any atom is -0.493 e. The zero-order valence-electron chi connectivity index (χ0n) is 15.3. The van der Waals surface area contributed by atoms with Crippen molar-refractivity contribution in [2.24, 2.45) is 0 Å². The summed E-state index contributed by atoms with van der Waals surface area (Å²) in [6.07, 6.45) is 2.59. The van der Waals surface area contributed by atoms with E-state index < -0.39 is 0 Å². The fourth-order valence-electron chi connectivity index (χ4n) is 3.69. The number of urea groups is 1. The molecule has 2 aromatic rings. The minimum atomic E-state index is -0.180. The highest BCUT2D eigenvalue weighted by molar-refractivity contribution is 5.90. The van der Waals surface area contributed by atoms with E-state index in [1.165, 1.54) is 16.7 Å². The van der Waals surface area contributed by atoms with Gasteiger partial charge in [-0.2, -0.15) is 0 Å². The molecule has 0 aromatic heterocycles. The van der Waals surface area contributed by atoms with Gasteiger partial charge < -0.3 is 20.1 Å². The molecule has 2 aliphatic heterocycles. The maximum Gasteiger partial charge on any atom is 0.319 e. The highest BCUT2D eigenvalue weighted by Crippen LogP contribution is 2.40. The lowest BCUT2D eigenvalue weighted by atomic mass is 9.97. The van der Waals surface area contributed by atoms with Crippen LogP contribution in [0.25, 0.3) is 0 Å². The van der Waals surface area contributed by atoms with Gasteiger partial charge in [0.1, 0.15) is 11.5 Å². The molecule has 2 N–H and O–H groups in total. The Morgan fingerprint density at radius 3 is 2.85 bits per heavy atom. The van der Waals surface area contributed by atoms with Crippen LogP contribution in [0.3, 0.4) is 0 Å². The predicted octanol–water partition coefficient (Wildman–Crippen LogP) is 3.54. The molecule has 5 nitrogen and oxygen atoms in total. The number of aryl methyl sites for hydroxylation is 2. The van der Waals surface area contributed by atoms with Crippen molar-refractivity contribution in [2.45, 2.75) is 33.1 Å². The molecule has 5 heteroatoms. The summed E-state index contributed by atoms with van der Waals surface area (Å²) in [6.45, 7) is 6.02. The lowest BCUT2D eigenvalue weighted by Gasteiger charge is -2.14. The second-order valence-electron chi connectivity index (χ2n) is 6.97. The summed E-state index contributed by atoms with van der Waals surface area (Å²) >= 11 is 0. The van der Waals surface area contributed by atoms with Crippen molar-refractivity contribution >= 4 is 11.7 Å². The molecule has 2 aliphatic rings. The van der Waals surface area contributed by atoms with Gasteiger partial charge >= 0.3 is 6.03 Å². The number of nitrogens with one attached hydrogen (secondary N) is 2. The fraction of sp³-hybridized carbons (Fsp3) is 0.381. The average molecular weight is 352 g/mol. The van der Waals surface area contributed by atoms with Crippen molar-refractivity contribution in [1.29, 1.82) is 0 Å². The van der Waals surface area contributed by atoms with Crippen molar-refractivity contribution < 1.29 is 14.3 Å². The Balaban J connectivity index is 1.41. The van der Waals surface area contributed by atoms with Gasteiger partial charge in [0.25, 0.3) is 0 Å². The first-order valence-electron chi connectivity index (χ1n) is 9.17. The zero-order valence-corrected chi connectivity index (χ0v) is 15.3. The molecule has 0 bridgehead atoms. The van der Waals surface area contributed by atoms with Crippen LogP contribution >= 0.6 is 0 Å². The number of hydrogen-bond acceptors (Lipinski definition) is 3. The summed E-state index contributed by atoms with van der Waals surface area (Å²) in [4.78, 5) is 12.3. The molecule has 0 fully saturated rings. The molecule has 2 aromatic carbocycles. The summed E-state index contributed by atoms with van der Waals surface area (Å²) in [5, 5.41) is 5.90. The molecule has 0 saturated carbocycles. The number of amides is 2. The predicted molar refractivity (Wildman–Crippen MR) is 101 cm³/mol. The Kier molecular flexibility index (Phi) is 4.45. The summed E-state index contributed by atoms with van der Waals surface area (Å²) in [7, 11) is 0. The van der Waals surface area contributed by atoms with Crippen molar-refractivity contribution in [3.8, 4) is 11.5 Å². The van der Waals surface area contributed by atoms with Crippen molar-refractivity contribution in [3.63, 3.8) is 0 Å². The topological polar surface area (TPSA) is 59.6 Å². The number of fused-ring (bicyclic) bond motifs is 2. The largest absolute Gasteiger partial charge is 0.493 e. The highest BCUT2D eigenvalue weighted by atomic mass is 16.5. The van der Waals surface area contributed by atoms with Crippen LogP contribution in [0.1, 0.15) is 27.8 Å². The molecule has 4 rings (SSSR count). The van der Waals surface area contributed by atoms with Gasteiger partial charge in [-0.3, -0.25) is 0 Å². The van der Waals surface area contributed by atoms with Gasteiger partial charge in [0, 0.05) is 41.8 Å². The summed E-state index contributed by atoms with van der Waals surface area (Å²) in [5.74, 6) is 2.00. The molecular weight excluding hydrogens is 328 g/mol. The average Bonchev–Trinajstić information content (AvgIpc) is 3.26. The minimum absolute atomic E-state index is 0.180. The monoisotopic (exact) mass is 352 g/mol. The van der Waals surface area contributed by atoms with Crippen LogP contribution < -0.4 is 20.1 Å². The van der Waals surface area contributed by atoms with Gasteiger partial charge in [0.2, 0.25) is 0 Å². The molecule has 2 amide bonds. The molecule has 0 spiro atoms. The quantitative estimate of drug-likeness (QED) is 0.885. The Morgan fingerprint density at radius 1 is 1.12 bits per heavy atom. The first-order valence-corrected chi connectivity index (χ1v) is 9.17. The van der Waals surface area contributed by atoms with Crippen molar-refractivity contribution in [1.82, 2.24) is 5.32 Å². The fourth-order valence-corrected chi connectivity index (χ4v) is 3.69. The van der Waals surface area contributed by atoms with Crippen LogP contribution in [0.2, 0.25) is 0 Å². The molecule has 0 aliphatic carbocycles. The summed E-state index contributed by atoms with van der Waals surface area (Å²) < 4.78 is 11.6.